The van der Waals surface area contributed by atoms with Crippen molar-refractivity contribution in [3.8, 4) is 0 Å². The zero-order valence-electron chi connectivity index (χ0n) is 13.4. The highest BCUT2D eigenvalue weighted by Crippen LogP contribution is 2.46. The quantitative estimate of drug-likeness (QED) is 0.851. The summed E-state index contributed by atoms with van der Waals surface area (Å²) in [4.78, 5) is 2.74. The summed E-state index contributed by atoms with van der Waals surface area (Å²) < 4.78 is 0. The minimum Gasteiger partial charge on any atom is -0.327 e. The Hall–Kier alpha value is -0.0800. The second-order valence-corrected chi connectivity index (χ2v) is 8.02. The Labute approximate surface area is 125 Å². The Kier molecular flexibility index (Phi) is 4.72. The SMILES string of the molecule is CCC1CCC(N)C(CN2CCC3(CCCC3)CC2)C1. The van der Waals surface area contributed by atoms with E-state index in [1.807, 2.05) is 0 Å². The summed E-state index contributed by atoms with van der Waals surface area (Å²) in [5.41, 5.74) is 7.16. The molecule has 3 atom stereocenters. The van der Waals surface area contributed by atoms with Gasteiger partial charge in [-0.25, -0.2) is 0 Å². The van der Waals surface area contributed by atoms with Crippen molar-refractivity contribution < 1.29 is 0 Å². The summed E-state index contributed by atoms with van der Waals surface area (Å²) >= 11 is 0. The molecule has 3 aliphatic rings. The fourth-order valence-corrected chi connectivity index (χ4v) is 5.13. The van der Waals surface area contributed by atoms with Crippen molar-refractivity contribution in [1.29, 1.82) is 0 Å². The Morgan fingerprint density at radius 1 is 1.05 bits per heavy atom. The highest BCUT2D eigenvalue weighted by molar-refractivity contribution is 4.91. The highest BCUT2D eigenvalue weighted by Gasteiger charge is 2.38. The molecule has 2 aliphatic carbocycles. The van der Waals surface area contributed by atoms with Gasteiger partial charge in [-0.1, -0.05) is 26.2 Å². The standard InChI is InChI=1S/C18H34N2/c1-2-15-5-6-17(19)16(13-15)14-20-11-9-18(10-12-20)7-3-4-8-18/h15-17H,2-14,19H2,1H3. The predicted octanol–water partition coefficient (Wildman–Crippen LogP) is 3.80. The maximum absolute atomic E-state index is 6.40. The molecule has 1 heterocycles. The van der Waals surface area contributed by atoms with Gasteiger partial charge in [0.25, 0.3) is 0 Å². The minimum absolute atomic E-state index is 0.472. The third-order valence-corrected chi connectivity index (χ3v) is 6.80. The highest BCUT2D eigenvalue weighted by atomic mass is 15.1. The first-order chi connectivity index (χ1) is 9.71. The van der Waals surface area contributed by atoms with Crippen molar-refractivity contribution >= 4 is 0 Å². The van der Waals surface area contributed by atoms with Gasteiger partial charge in [0, 0.05) is 12.6 Å². The first kappa shape index (κ1) is 14.8. The molecule has 2 saturated carbocycles. The van der Waals surface area contributed by atoms with Crippen LogP contribution in [0.15, 0.2) is 0 Å². The number of nitrogens with two attached hydrogens (primary N) is 1. The second-order valence-electron chi connectivity index (χ2n) is 8.02. The number of likely N-dealkylation sites (tertiary alicyclic amines) is 1. The lowest BCUT2D eigenvalue weighted by molar-refractivity contribution is 0.0783. The number of rotatable bonds is 3. The predicted molar refractivity (Wildman–Crippen MR) is 85.7 cm³/mol. The maximum atomic E-state index is 6.40. The first-order valence-corrected chi connectivity index (χ1v) is 9.19. The summed E-state index contributed by atoms with van der Waals surface area (Å²) in [6.07, 6.45) is 14.3. The average molecular weight is 278 g/mol. The van der Waals surface area contributed by atoms with E-state index in [2.05, 4.69) is 11.8 Å². The van der Waals surface area contributed by atoms with E-state index in [1.54, 1.807) is 0 Å². The molecular weight excluding hydrogens is 244 g/mol. The Morgan fingerprint density at radius 3 is 2.40 bits per heavy atom. The summed E-state index contributed by atoms with van der Waals surface area (Å²) in [7, 11) is 0. The number of hydrogen-bond donors (Lipinski definition) is 1. The summed E-state index contributed by atoms with van der Waals surface area (Å²) in [5.74, 6) is 1.72. The van der Waals surface area contributed by atoms with Gasteiger partial charge in [-0.05, 0) is 75.3 Å². The molecule has 0 radical (unpaired) electrons. The average Bonchev–Trinajstić information content (AvgIpc) is 2.92. The van der Waals surface area contributed by atoms with E-state index in [1.165, 1.54) is 83.8 Å². The van der Waals surface area contributed by atoms with Gasteiger partial charge in [0.05, 0.1) is 0 Å². The van der Waals surface area contributed by atoms with Crippen LogP contribution in [-0.2, 0) is 0 Å². The monoisotopic (exact) mass is 278 g/mol. The van der Waals surface area contributed by atoms with Crippen LogP contribution in [0.4, 0.5) is 0 Å². The number of hydrogen-bond acceptors (Lipinski definition) is 2. The van der Waals surface area contributed by atoms with Crippen LogP contribution >= 0.6 is 0 Å². The molecule has 3 fully saturated rings. The van der Waals surface area contributed by atoms with Crippen molar-refractivity contribution in [2.75, 3.05) is 19.6 Å². The molecule has 0 aromatic heterocycles. The van der Waals surface area contributed by atoms with Gasteiger partial charge in [-0.2, -0.15) is 0 Å². The molecule has 116 valence electrons. The maximum Gasteiger partial charge on any atom is 0.00795 e. The lowest BCUT2D eigenvalue weighted by Crippen LogP contribution is -2.46. The van der Waals surface area contributed by atoms with Crippen LogP contribution in [0, 0.1) is 17.3 Å². The molecule has 0 amide bonds. The fourth-order valence-electron chi connectivity index (χ4n) is 5.13. The molecule has 1 saturated heterocycles. The van der Waals surface area contributed by atoms with E-state index >= 15 is 0 Å². The van der Waals surface area contributed by atoms with Crippen LogP contribution < -0.4 is 5.73 Å². The smallest absolute Gasteiger partial charge is 0.00795 e. The Balaban J connectivity index is 1.48. The van der Waals surface area contributed by atoms with Crippen molar-refractivity contribution in [3.05, 3.63) is 0 Å². The van der Waals surface area contributed by atoms with E-state index in [4.69, 9.17) is 5.73 Å². The van der Waals surface area contributed by atoms with E-state index in [0.717, 1.165) is 17.3 Å². The zero-order chi connectivity index (χ0) is 14.0. The van der Waals surface area contributed by atoms with Gasteiger partial charge >= 0.3 is 0 Å². The molecule has 0 bridgehead atoms. The van der Waals surface area contributed by atoms with Crippen molar-refractivity contribution in [2.24, 2.45) is 23.0 Å². The fraction of sp³-hybridized carbons (Fsp3) is 1.00. The summed E-state index contributed by atoms with van der Waals surface area (Å²) in [5, 5.41) is 0. The van der Waals surface area contributed by atoms with Gasteiger partial charge in [-0.15, -0.1) is 0 Å². The third kappa shape index (κ3) is 3.22. The Bertz CT molecular complexity index is 299. The zero-order valence-corrected chi connectivity index (χ0v) is 13.4. The molecule has 1 aliphatic heterocycles. The lowest BCUT2D eigenvalue weighted by Gasteiger charge is -2.43. The van der Waals surface area contributed by atoms with Crippen molar-refractivity contribution in [3.63, 3.8) is 0 Å². The van der Waals surface area contributed by atoms with Crippen molar-refractivity contribution in [2.45, 2.75) is 77.2 Å². The van der Waals surface area contributed by atoms with Crippen LogP contribution in [0.1, 0.15) is 71.1 Å². The van der Waals surface area contributed by atoms with Gasteiger partial charge in [-0.3, -0.25) is 0 Å². The van der Waals surface area contributed by atoms with Crippen LogP contribution in [0.5, 0.6) is 0 Å². The largest absolute Gasteiger partial charge is 0.327 e. The molecule has 0 aromatic rings. The molecule has 2 N–H and O–H groups in total. The molecule has 2 heteroatoms. The summed E-state index contributed by atoms with van der Waals surface area (Å²) in [6, 6.07) is 0.472. The summed E-state index contributed by atoms with van der Waals surface area (Å²) in [6.45, 7) is 6.33. The minimum atomic E-state index is 0.472. The van der Waals surface area contributed by atoms with E-state index in [9.17, 15) is 0 Å². The topological polar surface area (TPSA) is 29.3 Å². The molecule has 1 spiro atoms. The van der Waals surface area contributed by atoms with Crippen LogP contribution in [0.3, 0.4) is 0 Å². The van der Waals surface area contributed by atoms with Gasteiger partial charge < -0.3 is 10.6 Å². The molecular formula is C18H34N2. The van der Waals surface area contributed by atoms with E-state index < -0.39 is 0 Å². The number of piperidine rings is 1. The van der Waals surface area contributed by atoms with E-state index in [0.29, 0.717) is 6.04 Å². The van der Waals surface area contributed by atoms with Crippen LogP contribution in [0.25, 0.3) is 0 Å². The second kappa shape index (κ2) is 6.36. The molecule has 3 rings (SSSR count). The van der Waals surface area contributed by atoms with Gasteiger partial charge in [0.15, 0.2) is 0 Å². The Morgan fingerprint density at radius 2 is 1.75 bits per heavy atom. The molecule has 3 unspecified atom stereocenters. The van der Waals surface area contributed by atoms with Gasteiger partial charge in [0.1, 0.15) is 0 Å². The van der Waals surface area contributed by atoms with Crippen molar-refractivity contribution in [1.82, 2.24) is 4.90 Å². The van der Waals surface area contributed by atoms with Gasteiger partial charge in [0.2, 0.25) is 0 Å². The normalized spacial score (nSPS) is 38.4. The first-order valence-electron chi connectivity index (χ1n) is 9.19. The third-order valence-electron chi connectivity index (χ3n) is 6.80. The van der Waals surface area contributed by atoms with Crippen LogP contribution in [0.2, 0.25) is 0 Å². The lowest BCUT2D eigenvalue weighted by atomic mass is 9.75. The molecule has 20 heavy (non-hydrogen) atoms. The van der Waals surface area contributed by atoms with E-state index in [-0.39, 0.29) is 0 Å². The molecule has 2 nitrogen and oxygen atoms in total. The number of nitrogens with zero attached hydrogens (tertiary/aromatic N) is 1. The van der Waals surface area contributed by atoms with Crippen LogP contribution in [-0.4, -0.2) is 30.6 Å². The molecule has 0 aromatic carbocycles.